The first-order valence-electron chi connectivity index (χ1n) is 6.11. The maximum atomic E-state index is 12.3. The monoisotopic (exact) mass is 233 g/mol. The van der Waals surface area contributed by atoms with E-state index in [2.05, 4.69) is 18.8 Å². The van der Waals surface area contributed by atoms with Crippen molar-refractivity contribution in [3.8, 4) is 0 Å². The minimum atomic E-state index is -0.00306. The van der Waals surface area contributed by atoms with Crippen LogP contribution in [-0.4, -0.2) is 28.4 Å². The van der Waals surface area contributed by atoms with Crippen LogP contribution < -0.4 is 5.73 Å². The summed E-state index contributed by atoms with van der Waals surface area (Å²) in [5, 5.41) is 0. The molecule has 1 fully saturated rings. The maximum absolute atomic E-state index is 12.3. The van der Waals surface area contributed by atoms with Crippen molar-refractivity contribution in [1.29, 1.82) is 0 Å². The molecule has 4 heteroatoms. The third-order valence-corrected chi connectivity index (χ3v) is 3.39. The van der Waals surface area contributed by atoms with E-state index in [1.165, 1.54) is 0 Å². The lowest BCUT2D eigenvalue weighted by molar-refractivity contribution is 0.0583. The van der Waals surface area contributed by atoms with Crippen molar-refractivity contribution in [1.82, 2.24) is 9.88 Å². The topological polar surface area (TPSA) is 59.2 Å². The zero-order chi connectivity index (χ0) is 12.4. The Morgan fingerprint density at radius 1 is 1.47 bits per heavy atom. The molecule has 0 unspecified atom stereocenters. The summed E-state index contributed by atoms with van der Waals surface area (Å²) in [5.41, 5.74) is 6.05. The molecule has 1 aliphatic rings. The quantitative estimate of drug-likeness (QED) is 0.806. The van der Waals surface area contributed by atoms with E-state index >= 15 is 0 Å². The van der Waals surface area contributed by atoms with Crippen LogP contribution in [-0.2, 0) is 0 Å². The van der Waals surface area contributed by atoms with E-state index in [0.29, 0.717) is 17.4 Å². The van der Waals surface area contributed by atoms with Crippen LogP contribution in [0.4, 0.5) is 5.82 Å². The molecule has 0 radical (unpaired) electrons. The predicted molar refractivity (Wildman–Crippen MR) is 67.5 cm³/mol. The van der Waals surface area contributed by atoms with E-state index in [4.69, 9.17) is 5.73 Å². The Morgan fingerprint density at radius 3 is 2.88 bits per heavy atom. The Morgan fingerprint density at radius 2 is 2.24 bits per heavy atom. The second-order valence-corrected chi connectivity index (χ2v) is 4.92. The van der Waals surface area contributed by atoms with Gasteiger partial charge in [0.05, 0.1) is 0 Å². The second-order valence-electron chi connectivity index (χ2n) is 4.92. The van der Waals surface area contributed by atoms with Crippen molar-refractivity contribution >= 4 is 11.7 Å². The van der Waals surface area contributed by atoms with Crippen LogP contribution in [0, 0.1) is 5.92 Å². The van der Waals surface area contributed by atoms with Gasteiger partial charge < -0.3 is 10.6 Å². The van der Waals surface area contributed by atoms with E-state index in [1.807, 2.05) is 4.90 Å². The fraction of sp³-hybridized carbons (Fsp3) is 0.538. The van der Waals surface area contributed by atoms with E-state index in [0.717, 1.165) is 19.4 Å². The summed E-state index contributed by atoms with van der Waals surface area (Å²) >= 11 is 0. The number of nitrogen functional groups attached to an aromatic ring is 1. The molecule has 0 spiro atoms. The van der Waals surface area contributed by atoms with E-state index < -0.39 is 0 Å². The van der Waals surface area contributed by atoms with Gasteiger partial charge in [0.1, 0.15) is 11.5 Å². The molecule has 92 valence electrons. The molecule has 2 heterocycles. The molecule has 0 saturated carbocycles. The van der Waals surface area contributed by atoms with Crippen LogP contribution in [0.25, 0.3) is 0 Å². The minimum Gasteiger partial charge on any atom is -0.384 e. The number of amides is 1. The molecule has 1 aliphatic heterocycles. The zero-order valence-corrected chi connectivity index (χ0v) is 10.4. The number of hydrogen-bond acceptors (Lipinski definition) is 3. The first-order chi connectivity index (χ1) is 8.08. The molecule has 2 rings (SSSR count). The first-order valence-corrected chi connectivity index (χ1v) is 6.11. The van der Waals surface area contributed by atoms with Gasteiger partial charge in [0, 0.05) is 12.6 Å². The van der Waals surface area contributed by atoms with Gasteiger partial charge >= 0.3 is 0 Å². The van der Waals surface area contributed by atoms with Crippen molar-refractivity contribution in [3.63, 3.8) is 0 Å². The standard InChI is InChI=1S/C13H19N3O/c1-9-6-7-16(10(2)8-9)13(17)11-4-3-5-12(14)15-11/h3-5,9-10H,6-8H2,1-2H3,(H2,14,15)/t9-,10+/m0/s1. The van der Waals surface area contributed by atoms with E-state index in [1.54, 1.807) is 18.2 Å². The molecular weight excluding hydrogens is 214 g/mol. The fourth-order valence-corrected chi connectivity index (χ4v) is 2.43. The number of piperidine rings is 1. The van der Waals surface area contributed by atoms with Crippen LogP contribution >= 0.6 is 0 Å². The molecule has 2 N–H and O–H groups in total. The number of likely N-dealkylation sites (tertiary alicyclic amines) is 1. The third-order valence-electron chi connectivity index (χ3n) is 3.39. The summed E-state index contributed by atoms with van der Waals surface area (Å²) in [4.78, 5) is 18.3. The lowest BCUT2D eigenvalue weighted by atomic mass is 9.93. The maximum Gasteiger partial charge on any atom is 0.272 e. The molecule has 1 aromatic heterocycles. The highest BCUT2D eigenvalue weighted by atomic mass is 16.2. The van der Waals surface area contributed by atoms with Gasteiger partial charge in [-0.3, -0.25) is 4.79 Å². The highest BCUT2D eigenvalue weighted by Gasteiger charge is 2.27. The largest absolute Gasteiger partial charge is 0.384 e. The summed E-state index contributed by atoms with van der Waals surface area (Å²) < 4.78 is 0. The number of carbonyl (C=O) groups is 1. The summed E-state index contributed by atoms with van der Waals surface area (Å²) in [5.74, 6) is 1.09. The van der Waals surface area contributed by atoms with Crippen LogP contribution in [0.2, 0.25) is 0 Å². The Hall–Kier alpha value is -1.58. The van der Waals surface area contributed by atoms with Crippen molar-refractivity contribution < 1.29 is 4.79 Å². The number of nitrogens with two attached hydrogens (primary N) is 1. The Balaban J connectivity index is 2.15. The highest BCUT2D eigenvalue weighted by Crippen LogP contribution is 2.23. The van der Waals surface area contributed by atoms with Crippen molar-refractivity contribution in [3.05, 3.63) is 23.9 Å². The normalized spacial score (nSPS) is 24.7. The molecule has 0 bridgehead atoms. The van der Waals surface area contributed by atoms with Crippen LogP contribution in [0.1, 0.15) is 37.2 Å². The summed E-state index contributed by atoms with van der Waals surface area (Å²) in [6.07, 6.45) is 2.13. The van der Waals surface area contributed by atoms with Crippen LogP contribution in [0.5, 0.6) is 0 Å². The number of nitrogens with zero attached hydrogens (tertiary/aromatic N) is 2. The minimum absolute atomic E-state index is 0.00306. The molecular formula is C13H19N3O. The van der Waals surface area contributed by atoms with Crippen LogP contribution in [0.3, 0.4) is 0 Å². The van der Waals surface area contributed by atoms with E-state index in [-0.39, 0.29) is 11.9 Å². The number of carbonyl (C=O) groups excluding carboxylic acids is 1. The fourth-order valence-electron chi connectivity index (χ4n) is 2.43. The lowest BCUT2D eigenvalue weighted by Gasteiger charge is -2.36. The Labute approximate surface area is 102 Å². The Bertz CT molecular complexity index is 419. The smallest absolute Gasteiger partial charge is 0.272 e. The zero-order valence-electron chi connectivity index (χ0n) is 10.4. The van der Waals surface area contributed by atoms with Gasteiger partial charge in [-0.05, 0) is 37.8 Å². The first kappa shape index (κ1) is 11.9. The molecule has 1 amide bonds. The van der Waals surface area contributed by atoms with Gasteiger partial charge in [0.2, 0.25) is 0 Å². The van der Waals surface area contributed by atoms with Gasteiger partial charge in [-0.1, -0.05) is 13.0 Å². The highest BCUT2D eigenvalue weighted by molar-refractivity contribution is 5.92. The van der Waals surface area contributed by atoms with Gasteiger partial charge in [0.25, 0.3) is 5.91 Å². The summed E-state index contributed by atoms with van der Waals surface area (Å²) in [7, 11) is 0. The molecule has 1 saturated heterocycles. The van der Waals surface area contributed by atoms with Crippen molar-refractivity contribution in [2.45, 2.75) is 32.7 Å². The average molecular weight is 233 g/mol. The van der Waals surface area contributed by atoms with Gasteiger partial charge in [-0.2, -0.15) is 0 Å². The number of hydrogen-bond donors (Lipinski definition) is 1. The van der Waals surface area contributed by atoms with Crippen molar-refractivity contribution in [2.24, 2.45) is 5.92 Å². The summed E-state index contributed by atoms with van der Waals surface area (Å²) in [6.45, 7) is 5.15. The number of aromatic nitrogens is 1. The van der Waals surface area contributed by atoms with Crippen LogP contribution in [0.15, 0.2) is 18.2 Å². The lowest BCUT2D eigenvalue weighted by Crippen LogP contribution is -2.44. The average Bonchev–Trinajstić information content (AvgIpc) is 2.28. The molecule has 17 heavy (non-hydrogen) atoms. The number of rotatable bonds is 1. The second kappa shape index (κ2) is 4.73. The van der Waals surface area contributed by atoms with Gasteiger partial charge in [-0.25, -0.2) is 4.98 Å². The number of pyridine rings is 1. The SMILES string of the molecule is C[C@H]1CCN(C(=O)c2cccc(N)n2)[C@H](C)C1. The van der Waals surface area contributed by atoms with Crippen molar-refractivity contribution in [2.75, 3.05) is 12.3 Å². The molecule has 0 aliphatic carbocycles. The predicted octanol–water partition coefficient (Wildman–Crippen LogP) is 1.92. The van der Waals surface area contributed by atoms with Gasteiger partial charge in [0.15, 0.2) is 0 Å². The summed E-state index contributed by atoms with van der Waals surface area (Å²) in [6, 6.07) is 5.48. The van der Waals surface area contributed by atoms with Gasteiger partial charge in [-0.15, -0.1) is 0 Å². The molecule has 0 aromatic carbocycles. The molecule has 2 atom stereocenters. The Kier molecular flexibility index (Phi) is 3.31. The van der Waals surface area contributed by atoms with E-state index in [9.17, 15) is 4.79 Å². The molecule has 4 nitrogen and oxygen atoms in total. The number of anilines is 1. The molecule has 1 aromatic rings. The third kappa shape index (κ3) is 2.57.